The van der Waals surface area contributed by atoms with Gasteiger partial charge in [-0.25, -0.2) is 4.98 Å². The van der Waals surface area contributed by atoms with Crippen molar-refractivity contribution < 1.29 is 9.63 Å². The monoisotopic (exact) mass is 221 g/mol. The summed E-state index contributed by atoms with van der Waals surface area (Å²) in [6.07, 6.45) is 5.11. The molecule has 0 spiro atoms. The lowest BCUT2D eigenvalue weighted by Gasteiger charge is -2.02. The van der Waals surface area contributed by atoms with Crippen molar-refractivity contribution in [2.45, 2.75) is 26.3 Å². The predicted octanol–water partition coefficient (Wildman–Crippen LogP) is 1.48. The molecule has 2 rings (SSSR count). The minimum atomic E-state index is 0.0723. The van der Waals surface area contributed by atoms with Crippen LogP contribution in [0, 0.1) is 0 Å². The molecule has 0 fully saturated rings. The first-order chi connectivity index (χ1) is 7.85. The molecule has 0 atom stereocenters. The SMILES string of the molecule is CCCn1cncc1-c1cc(CCO)on1. The van der Waals surface area contributed by atoms with Crippen molar-refractivity contribution in [2.75, 3.05) is 6.61 Å². The molecule has 86 valence electrons. The second-order valence-corrected chi connectivity index (χ2v) is 3.62. The molecule has 5 heteroatoms. The summed E-state index contributed by atoms with van der Waals surface area (Å²) in [5.74, 6) is 0.696. The Morgan fingerprint density at radius 3 is 3.12 bits per heavy atom. The lowest BCUT2D eigenvalue weighted by atomic mass is 10.2. The van der Waals surface area contributed by atoms with E-state index in [9.17, 15) is 0 Å². The summed E-state index contributed by atoms with van der Waals surface area (Å²) in [5, 5.41) is 12.8. The fourth-order valence-electron chi connectivity index (χ4n) is 1.61. The molecule has 0 bridgehead atoms. The first-order valence-corrected chi connectivity index (χ1v) is 5.42. The molecule has 0 aromatic carbocycles. The van der Waals surface area contributed by atoms with Gasteiger partial charge in [0.1, 0.15) is 11.5 Å². The molecule has 1 N–H and O–H groups in total. The van der Waals surface area contributed by atoms with E-state index in [2.05, 4.69) is 17.1 Å². The van der Waals surface area contributed by atoms with E-state index in [0.29, 0.717) is 12.2 Å². The molecule has 0 aliphatic rings. The zero-order chi connectivity index (χ0) is 11.4. The van der Waals surface area contributed by atoms with Gasteiger partial charge in [0.15, 0.2) is 0 Å². The highest BCUT2D eigenvalue weighted by Crippen LogP contribution is 2.19. The van der Waals surface area contributed by atoms with Crippen LogP contribution in [0.5, 0.6) is 0 Å². The van der Waals surface area contributed by atoms with Gasteiger partial charge >= 0.3 is 0 Å². The van der Waals surface area contributed by atoms with Gasteiger partial charge in [0.25, 0.3) is 0 Å². The number of aryl methyl sites for hydroxylation is 1. The molecule has 5 nitrogen and oxygen atoms in total. The second-order valence-electron chi connectivity index (χ2n) is 3.62. The van der Waals surface area contributed by atoms with Gasteiger partial charge in [0, 0.05) is 19.0 Å². The van der Waals surface area contributed by atoms with Gasteiger partial charge in [-0.2, -0.15) is 0 Å². The Balaban J connectivity index is 2.24. The van der Waals surface area contributed by atoms with E-state index in [1.165, 1.54) is 0 Å². The molecule has 2 aromatic heterocycles. The maximum atomic E-state index is 8.79. The fraction of sp³-hybridized carbons (Fsp3) is 0.455. The van der Waals surface area contributed by atoms with Crippen LogP contribution in [0.1, 0.15) is 19.1 Å². The molecule has 0 amide bonds. The van der Waals surface area contributed by atoms with Crippen molar-refractivity contribution in [1.82, 2.24) is 14.7 Å². The largest absolute Gasteiger partial charge is 0.396 e. The third kappa shape index (κ3) is 2.14. The van der Waals surface area contributed by atoms with E-state index in [4.69, 9.17) is 9.63 Å². The number of aliphatic hydroxyl groups excluding tert-OH is 1. The van der Waals surface area contributed by atoms with Gasteiger partial charge in [0.2, 0.25) is 0 Å². The number of aromatic nitrogens is 3. The predicted molar refractivity (Wildman–Crippen MR) is 58.8 cm³/mol. The summed E-state index contributed by atoms with van der Waals surface area (Å²) in [7, 11) is 0. The smallest absolute Gasteiger partial charge is 0.139 e. The quantitative estimate of drug-likeness (QED) is 0.830. The van der Waals surface area contributed by atoms with E-state index in [0.717, 1.165) is 24.4 Å². The van der Waals surface area contributed by atoms with Crippen LogP contribution in [0.3, 0.4) is 0 Å². The zero-order valence-corrected chi connectivity index (χ0v) is 9.26. The molecule has 2 heterocycles. The van der Waals surface area contributed by atoms with E-state index < -0.39 is 0 Å². The Kier molecular flexibility index (Phi) is 3.36. The van der Waals surface area contributed by atoms with Gasteiger partial charge in [0.05, 0.1) is 24.8 Å². The average Bonchev–Trinajstić information content (AvgIpc) is 2.87. The molecule has 16 heavy (non-hydrogen) atoms. The Morgan fingerprint density at radius 2 is 2.38 bits per heavy atom. The minimum absolute atomic E-state index is 0.0723. The molecule has 0 saturated heterocycles. The van der Waals surface area contributed by atoms with E-state index in [-0.39, 0.29) is 6.61 Å². The second kappa shape index (κ2) is 4.94. The van der Waals surface area contributed by atoms with Crippen LogP contribution in [0.4, 0.5) is 0 Å². The normalized spacial score (nSPS) is 10.9. The van der Waals surface area contributed by atoms with Crippen molar-refractivity contribution in [2.24, 2.45) is 0 Å². The lowest BCUT2D eigenvalue weighted by Crippen LogP contribution is -1.97. The molecule has 0 saturated carbocycles. The number of nitrogens with zero attached hydrogens (tertiary/aromatic N) is 3. The Labute approximate surface area is 93.7 Å². The molecule has 0 unspecified atom stereocenters. The lowest BCUT2D eigenvalue weighted by molar-refractivity contribution is 0.277. The average molecular weight is 221 g/mol. The maximum Gasteiger partial charge on any atom is 0.139 e. The maximum absolute atomic E-state index is 8.79. The van der Waals surface area contributed by atoms with E-state index in [1.807, 2.05) is 10.6 Å². The third-order valence-corrected chi connectivity index (χ3v) is 2.36. The highest BCUT2D eigenvalue weighted by atomic mass is 16.5. The molecule has 2 aromatic rings. The van der Waals surface area contributed by atoms with Crippen molar-refractivity contribution in [1.29, 1.82) is 0 Å². The minimum Gasteiger partial charge on any atom is -0.396 e. The van der Waals surface area contributed by atoms with E-state index in [1.54, 1.807) is 12.5 Å². The summed E-state index contributed by atoms with van der Waals surface area (Å²) >= 11 is 0. The number of imidazole rings is 1. The number of rotatable bonds is 5. The van der Waals surface area contributed by atoms with E-state index >= 15 is 0 Å². The van der Waals surface area contributed by atoms with Crippen LogP contribution < -0.4 is 0 Å². The van der Waals surface area contributed by atoms with Crippen molar-refractivity contribution in [3.05, 3.63) is 24.4 Å². The molecule has 0 aliphatic carbocycles. The topological polar surface area (TPSA) is 64.1 Å². The number of hydrogen-bond acceptors (Lipinski definition) is 4. The first-order valence-electron chi connectivity index (χ1n) is 5.42. The van der Waals surface area contributed by atoms with Crippen molar-refractivity contribution in [3.63, 3.8) is 0 Å². The van der Waals surface area contributed by atoms with Crippen LogP contribution in [0.25, 0.3) is 11.4 Å². The highest BCUT2D eigenvalue weighted by molar-refractivity contribution is 5.53. The number of aliphatic hydroxyl groups is 1. The Hall–Kier alpha value is -1.62. The molecule has 0 radical (unpaired) electrons. The summed E-state index contributed by atoms with van der Waals surface area (Å²) in [6.45, 7) is 3.10. The summed E-state index contributed by atoms with van der Waals surface area (Å²) in [4.78, 5) is 4.10. The van der Waals surface area contributed by atoms with Crippen LogP contribution >= 0.6 is 0 Å². The van der Waals surface area contributed by atoms with Gasteiger partial charge in [-0.3, -0.25) is 0 Å². The van der Waals surface area contributed by atoms with Crippen LogP contribution in [-0.4, -0.2) is 26.4 Å². The van der Waals surface area contributed by atoms with Gasteiger partial charge < -0.3 is 14.2 Å². The number of hydrogen-bond donors (Lipinski definition) is 1. The first kappa shape index (κ1) is 10.9. The summed E-state index contributed by atoms with van der Waals surface area (Å²) in [5.41, 5.74) is 1.73. The van der Waals surface area contributed by atoms with Gasteiger partial charge in [-0.15, -0.1) is 0 Å². The molecular formula is C11H15N3O2. The Bertz CT molecular complexity index is 448. The van der Waals surface area contributed by atoms with Crippen molar-refractivity contribution >= 4 is 0 Å². The summed E-state index contributed by atoms with van der Waals surface area (Å²) < 4.78 is 7.15. The van der Waals surface area contributed by atoms with Crippen molar-refractivity contribution in [3.8, 4) is 11.4 Å². The highest BCUT2D eigenvalue weighted by Gasteiger charge is 2.10. The Morgan fingerprint density at radius 1 is 1.50 bits per heavy atom. The summed E-state index contributed by atoms with van der Waals surface area (Å²) in [6, 6.07) is 1.85. The molecule has 0 aliphatic heterocycles. The van der Waals surface area contributed by atoms with Gasteiger partial charge in [-0.1, -0.05) is 12.1 Å². The van der Waals surface area contributed by atoms with Crippen LogP contribution in [-0.2, 0) is 13.0 Å². The van der Waals surface area contributed by atoms with Crippen LogP contribution in [0.2, 0.25) is 0 Å². The fourth-order valence-corrected chi connectivity index (χ4v) is 1.61. The van der Waals surface area contributed by atoms with Crippen LogP contribution in [0.15, 0.2) is 23.1 Å². The van der Waals surface area contributed by atoms with Gasteiger partial charge in [-0.05, 0) is 6.42 Å². The third-order valence-electron chi connectivity index (χ3n) is 2.36. The zero-order valence-electron chi connectivity index (χ0n) is 9.26. The molecular weight excluding hydrogens is 206 g/mol. The standard InChI is InChI=1S/C11H15N3O2/c1-2-4-14-8-12-7-11(14)10-6-9(3-5-15)16-13-10/h6-8,15H,2-5H2,1H3.